The second-order valence-corrected chi connectivity index (χ2v) is 9.75. The van der Waals surface area contributed by atoms with Gasteiger partial charge in [0.2, 0.25) is 0 Å². The van der Waals surface area contributed by atoms with Gasteiger partial charge in [-0.1, -0.05) is 32.1 Å². The molecule has 3 rings (SSSR count). The molecule has 6 heteroatoms. The molecule has 1 aromatic carbocycles. The summed E-state index contributed by atoms with van der Waals surface area (Å²) in [5, 5.41) is 38.7. The average Bonchev–Trinajstić information content (AvgIpc) is 3.61. The molecule has 172 valence electrons. The molecule has 0 amide bonds. The van der Waals surface area contributed by atoms with Gasteiger partial charge in [0, 0.05) is 6.07 Å². The first kappa shape index (κ1) is 23.4. The molecule has 4 N–H and O–H groups in total. The van der Waals surface area contributed by atoms with E-state index in [2.05, 4.69) is 0 Å². The molecule has 2 aliphatic rings. The van der Waals surface area contributed by atoms with Crippen LogP contribution in [0.4, 0.5) is 0 Å². The number of aliphatic carboxylic acids is 2. The highest BCUT2D eigenvalue weighted by Gasteiger charge is 2.49. The summed E-state index contributed by atoms with van der Waals surface area (Å²) in [5.74, 6) is -1.10. The minimum absolute atomic E-state index is 0.0717. The quantitative estimate of drug-likeness (QED) is 0.275. The number of unbranched alkanes of at least 4 members (excludes halogenated alkanes) is 5. The third kappa shape index (κ3) is 6.14. The SMILES string of the molecule is O=C(O)C1(CCCCCCc2c(O)cc(O)cc2CCCCCC2(C(=O)O)CC2)CC1. The summed E-state index contributed by atoms with van der Waals surface area (Å²) in [6.07, 6.45) is 12.8. The van der Waals surface area contributed by atoms with Gasteiger partial charge in [-0.05, 0) is 81.4 Å². The fourth-order valence-electron chi connectivity index (χ4n) is 4.73. The lowest BCUT2D eigenvalue weighted by molar-refractivity contribution is -0.144. The number of carboxylic acid groups (broad SMARTS) is 2. The van der Waals surface area contributed by atoms with Gasteiger partial charge in [0.25, 0.3) is 0 Å². The van der Waals surface area contributed by atoms with Crippen molar-refractivity contribution in [3.05, 3.63) is 23.3 Å². The van der Waals surface area contributed by atoms with Gasteiger partial charge in [-0.3, -0.25) is 9.59 Å². The molecule has 0 unspecified atom stereocenters. The Kier molecular flexibility index (Phi) is 7.50. The fourth-order valence-corrected chi connectivity index (χ4v) is 4.73. The van der Waals surface area contributed by atoms with E-state index >= 15 is 0 Å². The number of phenolic OH excluding ortho intramolecular Hbond substituents is 2. The van der Waals surface area contributed by atoms with Gasteiger partial charge in [-0.25, -0.2) is 0 Å². The second kappa shape index (κ2) is 9.92. The third-order valence-corrected chi connectivity index (χ3v) is 7.35. The normalized spacial score (nSPS) is 17.9. The number of hydrogen-bond donors (Lipinski definition) is 4. The second-order valence-electron chi connectivity index (χ2n) is 9.75. The van der Waals surface area contributed by atoms with Crippen LogP contribution in [0, 0.1) is 10.8 Å². The monoisotopic (exact) mass is 432 g/mol. The van der Waals surface area contributed by atoms with Gasteiger partial charge in [0.05, 0.1) is 10.8 Å². The molecular formula is C25H36O6. The van der Waals surface area contributed by atoms with Gasteiger partial charge < -0.3 is 20.4 Å². The standard InChI is InChI=1S/C25H36O6/c26-19-16-18(8-4-3-7-11-25(14-15-25)23(30)31)20(21(27)17-19)9-5-1-2-6-10-24(12-13-24)22(28)29/h16-17,26-27H,1-15H2,(H,28,29)(H,30,31). The largest absolute Gasteiger partial charge is 0.508 e. The van der Waals surface area contributed by atoms with Crippen molar-refractivity contribution in [1.29, 1.82) is 0 Å². The lowest BCUT2D eigenvalue weighted by Crippen LogP contribution is -2.14. The summed E-state index contributed by atoms with van der Waals surface area (Å²) >= 11 is 0. The van der Waals surface area contributed by atoms with E-state index in [1.54, 1.807) is 6.07 Å². The highest BCUT2D eigenvalue weighted by molar-refractivity contribution is 5.78. The Labute approximate surface area is 184 Å². The Morgan fingerprint density at radius 3 is 1.71 bits per heavy atom. The fraction of sp³-hybridized carbons (Fsp3) is 0.680. The highest BCUT2D eigenvalue weighted by atomic mass is 16.4. The molecule has 0 spiro atoms. The third-order valence-electron chi connectivity index (χ3n) is 7.35. The molecule has 31 heavy (non-hydrogen) atoms. The van der Waals surface area contributed by atoms with Crippen molar-refractivity contribution in [2.75, 3.05) is 0 Å². The number of carboxylic acids is 2. The van der Waals surface area contributed by atoms with Crippen LogP contribution in [0.2, 0.25) is 0 Å². The smallest absolute Gasteiger partial charge is 0.309 e. The zero-order valence-electron chi connectivity index (χ0n) is 18.4. The van der Waals surface area contributed by atoms with E-state index in [0.29, 0.717) is 0 Å². The molecule has 2 fully saturated rings. The summed E-state index contributed by atoms with van der Waals surface area (Å²) in [6.45, 7) is 0. The molecule has 0 bridgehead atoms. The topological polar surface area (TPSA) is 115 Å². The van der Waals surface area contributed by atoms with Gasteiger partial charge in [-0.2, -0.15) is 0 Å². The summed E-state index contributed by atoms with van der Waals surface area (Å²) in [7, 11) is 0. The van der Waals surface area contributed by atoms with E-state index in [9.17, 15) is 30.0 Å². The van der Waals surface area contributed by atoms with Crippen LogP contribution in [0.1, 0.15) is 94.6 Å². The van der Waals surface area contributed by atoms with Gasteiger partial charge in [0.1, 0.15) is 11.5 Å². The minimum atomic E-state index is -0.664. The summed E-state index contributed by atoms with van der Waals surface area (Å²) < 4.78 is 0. The molecule has 0 radical (unpaired) electrons. The van der Waals surface area contributed by atoms with Crippen molar-refractivity contribution >= 4 is 11.9 Å². The van der Waals surface area contributed by atoms with Gasteiger partial charge in [-0.15, -0.1) is 0 Å². The Balaban J connectivity index is 1.39. The van der Waals surface area contributed by atoms with Crippen LogP contribution in [-0.2, 0) is 22.4 Å². The maximum Gasteiger partial charge on any atom is 0.309 e. The molecule has 0 aromatic heterocycles. The molecule has 0 atom stereocenters. The summed E-state index contributed by atoms with van der Waals surface area (Å²) in [6, 6.07) is 3.13. The predicted molar refractivity (Wildman–Crippen MR) is 117 cm³/mol. The lowest BCUT2D eigenvalue weighted by atomic mass is 9.93. The number of aromatic hydroxyl groups is 2. The van der Waals surface area contributed by atoms with E-state index in [-0.39, 0.29) is 11.5 Å². The van der Waals surface area contributed by atoms with Crippen molar-refractivity contribution in [2.45, 2.75) is 96.3 Å². The van der Waals surface area contributed by atoms with Crippen molar-refractivity contribution in [1.82, 2.24) is 0 Å². The van der Waals surface area contributed by atoms with Crippen LogP contribution in [-0.4, -0.2) is 32.4 Å². The van der Waals surface area contributed by atoms with Crippen molar-refractivity contribution in [3.63, 3.8) is 0 Å². The number of aryl methyl sites for hydroxylation is 1. The number of benzene rings is 1. The molecular weight excluding hydrogens is 396 g/mol. The molecule has 2 aliphatic carbocycles. The number of rotatable bonds is 15. The van der Waals surface area contributed by atoms with E-state index in [1.165, 1.54) is 6.07 Å². The van der Waals surface area contributed by atoms with E-state index in [4.69, 9.17) is 0 Å². The maximum absolute atomic E-state index is 11.3. The van der Waals surface area contributed by atoms with E-state index in [0.717, 1.165) is 107 Å². The Hall–Kier alpha value is -2.24. The molecule has 0 saturated heterocycles. The van der Waals surface area contributed by atoms with Crippen LogP contribution < -0.4 is 0 Å². The van der Waals surface area contributed by atoms with Crippen LogP contribution >= 0.6 is 0 Å². The van der Waals surface area contributed by atoms with Crippen LogP contribution in [0.3, 0.4) is 0 Å². The Bertz CT molecular complexity index is 791. The average molecular weight is 433 g/mol. The molecule has 6 nitrogen and oxygen atoms in total. The summed E-state index contributed by atoms with van der Waals surface area (Å²) in [4.78, 5) is 22.5. The molecule has 0 aliphatic heterocycles. The first-order chi connectivity index (χ1) is 14.8. The number of carbonyl (C=O) groups is 2. The van der Waals surface area contributed by atoms with Crippen LogP contribution in [0.25, 0.3) is 0 Å². The van der Waals surface area contributed by atoms with Crippen molar-refractivity contribution in [3.8, 4) is 11.5 Å². The van der Waals surface area contributed by atoms with Gasteiger partial charge >= 0.3 is 11.9 Å². The van der Waals surface area contributed by atoms with Crippen LogP contribution in [0.15, 0.2) is 12.1 Å². The molecule has 2 saturated carbocycles. The van der Waals surface area contributed by atoms with Gasteiger partial charge in [0.15, 0.2) is 0 Å². The van der Waals surface area contributed by atoms with E-state index < -0.39 is 22.8 Å². The zero-order valence-corrected chi connectivity index (χ0v) is 18.4. The molecule has 1 aromatic rings. The maximum atomic E-state index is 11.3. The van der Waals surface area contributed by atoms with Crippen molar-refractivity contribution in [2.24, 2.45) is 10.8 Å². The predicted octanol–water partition coefficient (Wildman–Crippen LogP) is 5.42. The first-order valence-electron chi connectivity index (χ1n) is 11.8. The van der Waals surface area contributed by atoms with E-state index in [1.807, 2.05) is 0 Å². The number of hydrogen-bond acceptors (Lipinski definition) is 4. The molecule has 0 heterocycles. The zero-order chi connectivity index (χ0) is 22.5. The minimum Gasteiger partial charge on any atom is -0.508 e. The Morgan fingerprint density at radius 2 is 1.19 bits per heavy atom. The lowest BCUT2D eigenvalue weighted by Gasteiger charge is -2.14. The Morgan fingerprint density at radius 1 is 0.710 bits per heavy atom. The van der Waals surface area contributed by atoms with Crippen LogP contribution in [0.5, 0.6) is 11.5 Å². The number of phenols is 2. The van der Waals surface area contributed by atoms with Crippen molar-refractivity contribution < 1.29 is 30.0 Å². The first-order valence-corrected chi connectivity index (χ1v) is 11.8. The summed E-state index contributed by atoms with van der Waals surface area (Å²) in [5.41, 5.74) is 0.968. The highest BCUT2D eigenvalue weighted by Crippen LogP contribution is 2.50.